The van der Waals surface area contributed by atoms with Gasteiger partial charge >= 0.3 is 0 Å². The molecule has 0 radical (unpaired) electrons. The summed E-state index contributed by atoms with van der Waals surface area (Å²) in [6, 6.07) is 2.95. The minimum atomic E-state index is -0.750. The Kier molecular flexibility index (Phi) is 2.11. The number of hydrogen-bond donors (Lipinski definition) is 0. The molecule has 0 unspecified atom stereocenters. The van der Waals surface area contributed by atoms with Gasteiger partial charge in [0, 0.05) is 13.1 Å². The Hall–Kier alpha value is -1.98. The lowest BCUT2D eigenvalue weighted by atomic mass is 10.1. The fourth-order valence-corrected chi connectivity index (χ4v) is 1.26. The summed E-state index contributed by atoms with van der Waals surface area (Å²) in [7, 11) is 0. The second-order valence-electron chi connectivity index (χ2n) is 3.21. The molecule has 1 amide bonds. The summed E-state index contributed by atoms with van der Waals surface area (Å²) in [6.45, 7) is 1.21. The molecule has 1 fully saturated rings. The van der Waals surface area contributed by atoms with E-state index >= 15 is 0 Å². The molecule has 5 nitrogen and oxygen atoms in total. The van der Waals surface area contributed by atoms with Crippen LogP contribution < -0.4 is 0 Å². The molecule has 0 N–H and O–H groups in total. The number of hydrogen-bond acceptors (Lipinski definition) is 3. The van der Waals surface area contributed by atoms with Crippen LogP contribution in [0.3, 0.4) is 0 Å². The van der Waals surface area contributed by atoms with Gasteiger partial charge in [-0.1, -0.05) is 0 Å². The summed E-state index contributed by atoms with van der Waals surface area (Å²) in [5.41, 5.74) is -0.536. The zero-order valence-electron chi connectivity index (χ0n) is 7.64. The fourth-order valence-electron chi connectivity index (χ4n) is 1.26. The number of carbonyl (C=O) groups excluding carboxylic acids is 1. The van der Waals surface area contributed by atoms with Gasteiger partial charge in [-0.05, 0) is 12.1 Å². The van der Waals surface area contributed by atoms with Gasteiger partial charge in [0.2, 0.25) is 0 Å². The van der Waals surface area contributed by atoms with Crippen molar-refractivity contribution in [3.63, 3.8) is 0 Å². The highest BCUT2D eigenvalue weighted by atomic mass is 19.1. The van der Waals surface area contributed by atoms with Gasteiger partial charge in [0.1, 0.15) is 11.4 Å². The van der Waals surface area contributed by atoms with Crippen molar-refractivity contribution in [3.8, 4) is 0 Å². The average Bonchev–Trinajstić information content (AvgIpc) is 2.99. The fraction of sp³-hybridized carbons (Fsp3) is 0.222. The molecule has 1 heterocycles. The molecule has 1 aliphatic heterocycles. The van der Waals surface area contributed by atoms with E-state index in [0.29, 0.717) is 13.1 Å². The number of benzene rings is 1. The first-order chi connectivity index (χ1) is 7.09. The van der Waals surface area contributed by atoms with Crippen LogP contribution in [-0.4, -0.2) is 28.8 Å². The third-order valence-corrected chi connectivity index (χ3v) is 2.12. The van der Waals surface area contributed by atoms with Gasteiger partial charge in [-0.15, -0.1) is 0 Å². The van der Waals surface area contributed by atoms with Crippen molar-refractivity contribution in [3.05, 3.63) is 39.7 Å². The highest BCUT2D eigenvalue weighted by Crippen LogP contribution is 2.23. The zero-order chi connectivity index (χ0) is 11.0. The van der Waals surface area contributed by atoms with E-state index in [2.05, 4.69) is 0 Å². The standard InChI is InChI=1S/C9H7FN2O3/c10-6-1-2-7(8(5-6)12(14)15)9(13)11-3-4-11/h1-2,5H,3-4H2. The van der Waals surface area contributed by atoms with Crippen molar-refractivity contribution < 1.29 is 14.1 Å². The molecule has 0 spiro atoms. The third kappa shape index (κ3) is 1.78. The maximum Gasteiger partial charge on any atom is 0.285 e. The van der Waals surface area contributed by atoms with Crippen LogP contribution in [0.15, 0.2) is 18.2 Å². The number of nitrogens with zero attached hydrogens (tertiary/aromatic N) is 2. The zero-order valence-corrected chi connectivity index (χ0v) is 7.64. The van der Waals surface area contributed by atoms with Crippen LogP contribution in [0.5, 0.6) is 0 Å². The highest BCUT2D eigenvalue weighted by molar-refractivity contribution is 5.99. The van der Waals surface area contributed by atoms with Crippen molar-refractivity contribution in [1.29, 1.82) is 0 Å². The van der Waals surface area contributed by atoms with E-state index in [4.69, 9.17) is 0 Å². The second kappa shape index (κ2) is 3.30. The Morgan fingerprint density at radius 3 is 2.67 bits per heavy atom. The van der Waals surface area contributed by atoms with Crippen molar-refractivity contribution in [2.24, 2.45) is 0 Å². The van der Waals surface area contributed by atoms with Crippen LogP contribution in [0.1, 0.15) is 10.4 Å². The van der Waals surface area contributed by atoms with E-state index in [1.807, 2.05) is 0 Å². The SMILES string of the molecule is O=C(c1ccc(F)cc1[N+](=O)[O-])N1CC1. The minimum Gasteiger partial charge on any atom is -0.335 e. The summed E-state index contributed by atoms with van der Waals surface area (Å²) >= 11 is 0. The maximum atomic E-state index is 12.8. The Balaban J connectivity index is 2.44. The molecule has 0 saturated carbocycles. The summed E-state index contributed by atoms with van der Waals surface area (Å²) in [4.78, 5) is 22.8. The molecule has 1 aromatic rings. The number of amides is 1. The highest BCUT2D eigenvalue weighted by Gasteiger charge is 2.30. The Morgan fingerprint density at radius 1 is 1.47 bits per heavy atom. The van der Waals surface area contributed by atoms with Gasteiger partial charge in [-0.2, -0.15) is 0 Å². The van der Waals surface area contributed by atoms with E-state index in [1.165, 1.54) is 4.90 Å². The van der Waals surface area contributed by atoms with Crippen molar-refractivity contribution >= 4 is 11.6 Å². The number of nitro groups is 1. The Bertz CT molecular complexity index is 443. The first-order valence-electron chi connectivity index (χ1n) is 4.33. The lowest BCUT2D eigenvalue weighted by molar-refractivity contribution is -0.385. The van der Waals surface area contributed by atoms with Crippen molar-refractivity contribution in [1.82, 2.24) is 4.90 Å². The summed E-state index contributed by atoms with van der Waals surface area (Å²) in [5.74, 6) is -1.13. The minimum absolute atomic E-state index is 0.0566. The van der Waals surface area contributed by atoms with E-state index < -0.39 is 22.3 Å². The van der Waals surface area contributed by atoms with Crippen LogP contribution in [-0.2, 0) is 0 Å². The molecular weight excluding hydrogens is 203 g/mol. The van der Waals surface area contributed by atoms with Crippen molar-refractivity contribution in [2.45, 2.75) is 0 Å². The predicted octanol–water partition coefficient (Wildman–Crippen LogP) is 1.19. The smallest absolute Gasteiger partial charge is 0.285 e. The molecule has 1 saturated heterocycles. The largest absolute Gasteiger partial charge is 0.335 e. The van der Waals surface area contributed by atoms with Gasteiger partial charge in [0.05, 0.1) is 11.0 Å². The normalized spacial score (nSPS) is 13.8. The molecule has 1 aromatic carbocycles. The molecule has 6 heteroatoms. The quantitative estimate of drug-likeness (QED) is 0.418. The average molecular weight is 210 g/mol. The summed E-state index contributed by atoms with van der Waals surface area (Å²) < 4.78 is 12.8. The molecule has 78 valence electrons. The summed E-state index contributed by atoms with van der Waals surface area (Å²) in [6.07, 6.45) is 0. The molecule has 1 aliphatic rings. The number of rotatable bonds is 2. The van der Waals surface area contributed by atoms with Crippen LogP contribution in [0.25, 0.3) is 0 Å². The van der Waals surface area contributed by atoms with Crippen molar-refractivity contribution in [2.75, 3.05) is 13.1 Å². The first kappa shape index (κ1) is 9.57. The van der Waals surface area contributed by atoms with Gasteiger partial charge in [0.15, 0.2) is 0 Å². The molecule has 15 heavy (non-hydrogen) atoms. The van der Waals surface area contributed by atoms with E-state index in [9.17, 15) is 19.3 Å². The van der Waals surface area contributed by atoms with E-state index in [1.54, 1.807) is 0 Å². The monoisotopic (exact) mass is 210 g/mol. The van der Waals surface area contributed by atoms with E-state index in [0.717, 1.165) is 18.2 Å². The van der Waals surface area contributed by atoms with E-state index in [-0.39, 0.29) is 5.56 Å². The molecule has 0 aliphatic carbocycles. The van der Waals surface area contributed by atoms with Crippen LogP contribution in [0.2, 0.25) is 0 Å². The van der Waals surface area contributed by atoms with Gasteiger partial charge in [-0.3, -0.25) is 14.9 Å². The van der Waals surface area contributed by atoms with Gasteiger partial charge in [-0.25, -0.2) is 4.39 Å². The molecule has 0 aromatic heterocycles. The second-order valence-corrected chi connectivity index (χ2v) is 3.21. The van der Waals surface area contributed by atoms with Gasteiger partial charge in [0.25, 0.3) is 11.6 Å². The number of nitro benzene ring substituents is 1. The summed E-state index contributed by atoms with van der Waals surface area (Å²) in [5, 5.41) is 10.6. The molecule has 2 rings (SSSR count). The van der Waals surface area contributed by atoms with Crippen LogP contribution in [0.4, 0.5) is 10.1 Å². The Morgan fingerprint density at radius 2 is 2.13 bits per heavy atom. The number of carbonyl (C=O) groups is 1. The lowest BCUT2D eigenvalue weighted by Crippen LogP contribution is -2.12. The first-order valence-corrected chi connectivity index (χ1v) is 4.33. The van der Waals surface area contributed by atoms with Crippen LogP contribution in [0, 0.1) is 15.9 Å². The predicted molar refractivity (Wildman–Crippen MR) is 49.0 cm³/mol. The van der Waals surface area contributed by atoms with Gasteiger partial charge < -0.3 is 4.90 Å². The third-order valence-electron chi connectivity index (χ3n) is 2.12. The molecule has 0 atom stereocenters. The topological polar surface area (TPSA) is 63.2 Å². The Labute approximate surface area is 84.3 Å². The maximum absolute atomic E-state index is 12.8. The number of halogens is 1. The molecule has 0 bridgehead atoms. The molecular formula is C9H7FN2O3. The van der Waals surface area contributed by atoms with Crippen LogP contribution >= 0.6 is 0 Å². The lowest BCUT2D eigenvalue weighted by Gasteiger charge is -2.02.